The van der Waals surface area contributed by atoms with Crippen LogP contribution in [0.4, 0.5) is 5.69 Å². The molecular formula is C19H26N4O5S2. The van der Waals surface area contributed by atoms with Gasteiger partial charge in [0, 0.05) is 39.0 Å². The van der Waals surface area contributed by atoms with Gasteiger partial charge < -0.3 is 5.32 Å². The molecule has 30 heavy (non-hydrogen) atoms. The molecule has 2 N–H and O–H groups in total. The Labute approximate surface area is 177 Å². The Bertz CT molecular complexity index is 1120. The third-order valence-electron chi connectivity index (χ3n) is 4.54. The van der Waals surface area contributed by atoms with Crippen molar-refractivity contribution in [2.45, 2.75) is 31.7 Å². The normalized spacial score (nSPS) is 11.9. The minimum atomic E-state index is -3.93. The molecule has 164 valence electrons. The summed E-state index contributed by atoms with van der Waals surface area (Å²) in [5.74, 6) is -0.306. The Morgan fingerprint density at radius 1 is 1.13 bits per heavy atom. The molecule has 0 atom stereocenters. The van der Waals surface area contributed by atoms with Crippen molar-refractivity contribution in [2.24, 2.45) is 0 Å². The van der Waals surface area contributed by atoms with E-state index in [1.165, 1.54) is 13.1 Å². The van der Waals surface area contributed by atoms with Crippen molar-refractivity contribution < 1.29 is 21.6 Å². The number of aromatic nitrogens is 1. The van der Waals surface area contributed by atoms with E-state index in [9.17, 15) is 21.6 Å². The van der Waals surface area contributed by atoms with Crippen LogP contribution >= 0.6 is 0 Å². The van der Waals surface area contributed by atoms with Gasteiger partial charge in [-0.15, -0.1) is 0 Å². The monoisotopic (exact) mass is 454 g/mol. The number of sulfonamides is 2. The van der Waals surface area contributed by atoms with Gasteiger partial charge >= 0.3 is 0 Å². The average Bonchev–Trinajstić information content (AvgIpc) is 2.66. The molecule has 0 radical (unpaired) electrons. The molecule has 1 amide bonds. The highest BCUT2D eigenvalue weighted by molar-refractivity contribution is 7.92. The van der Waals surface area contributed by atoms with E-state index in [0.29, 0.717) is 23.4 Å². The van der Waals surface area contributed by atoms with E-state index in [-0.39, 0.29) is 23.8 Å². The summed E-state index contributed by atoms with van der Waals surface area (Å²) < 4.78 is 52.8. The number of nitrogens with zero attached hydrogens (tertiary/aromatic N) is 2. The zero-order valence-electron chi connectivity index (χ0n) is 17.3. The number of carbonyl (C=O) groups excluding carboxylic acids is 1. The predicted molar refractivity (Wildman–Crippen MR) is 115 cm³/mol. The fourth-order valence-electron chi connectivity index (χ4n) is 2.93. The second-order valence-electron chi connectivity index (χ2n) is 6.87. The van der Waals surface area contributed by atoms with Crippen molar-refractivity contribution in [3.8, 4) is 0 Å². The number of anilines is 1. The molecule has 0 unspecified atom stereocenters. The fraction of sp³-hybridized carbons (Fsp3) is 0.368. The van der Waals surface area contributed by atoms with E-state index in [1.807, 2.05) is 6.07 Å². The number of amides is 1. The molecule has 0 bridgehead atoms. The Morgan fingerprint density at radius 3 is 2.43 bits per heavy atom. The van der Waals surface area contributed by atoms with Gasteiger partial charge in [-0.25, -0.2) is 21.6 Å². The van der Waals surface area contributed by atoms with E-state index >= 15 is 0 Å². The first-order valence-corrected chi connectivity index (χ1v) is 12.5. The quantitative estimate of drug-likeness (QED) is 0.584. The smallest absolute Gasteiger partial charge is 0.240 e. The molecule has 0 saturated carbocycles. The predicted octanol–water partition coefficient (Wildman–Crippen LogP) is 1.08. The van der Waals surface area contributed by atoms with Crippen molar-refractivity contribution in [3.05, 3.63) is 53.3 Å². The van der Waals surface area contributed by atoms with Gasteiger partial charge in [-0.3, -0.25) is 14.1 Å². The van der Waals surface area contributed by atoms with Crippen LogP contribution in [0.1, 0.15) is 23.1 Å². The van der Waals surface area contributed by atoms with Gasteiger partial charge in [-0.05, 0) is 42.7 Å². The highest BCUT2D eigenvalue weighted by atomic mass is 32.2. The molecule has 0 aliphatic heterocycles. The van der Waals surface area contributed by atoms with Crippen LogP contribution in [0.3, 0.4) is 0 Å². The van der Waals surface area contributed by atoms with Crippen molar-refractivity contribution >= 4 is 31.6 Å². The van der Waals surface area contributed by atoms with Crippen LogP contribution in [-0.2, 0) is 31.4 Å². The summed E-state index contributed by atoms with van der Waals surface area (Å²) in [6, 6.07) is 6.56. The second kappa shape index (κ2) is 9.54. The van der Waals surface area contributed by atoms with Crippen LogP contribution in [0, 0.1) is 13.8 Å². The lowest BCUT2D eigenvalue weighted by Crippen LogP contribution is -2.31. The molecule has 11 heteroatoms. The number of pyridine rings is 1. The molecule has 1 aromatic carbocycles. The summed E-state index contributed by atoms with van der Waals surface area (Å²) in [5.41, 5.74) is 2.10. The third-order valence-corrected chi connectivity index (χ3v) is 7.32. The Morgan fingerprint density at radius 2 is 1.83 bits per heavy atom. The first kappa shape index (κ1) is 23.8. The van der Waals surface area contributed by atoms with E-state index in [0.717, 1.165) is 16.1 Å². The SMILES string of the molecule is Cc1ccc(S(=O)(=O)NCCC(=O)NCc2cccnc2)c(C)c1N(C)S(C)(=O)=O. The first-order chi connectivity index (χ1) is 13.9. The molecule has 1 aromatic heterocycles. The molecule has 0 aliphatic carbocycles. The number of benzene rings is 1. The molecule has 2 rings (SSSR count). The van der Waals surface area contributed by atoms with Crippen molar-refractivity contribution in [2.75, 3.05) is 24.2 Å². The summed E-state index contributed by atoms with van der Waals surface area (Å²) in [6.45, 7) is 3.48. The van der Waals surface area contributed by atoms with Gasteiger partial charge in [-0.2, -0.15) is 0 Å². The molecule has 0 fully saturated rings. The summed E-state index contributed by atoms with van der Waals surface area (Å²) in [6.07, 6.45) is 4.27. The molecule has 0 spiro atoms. The minimum Gasteiger partial charge on any atom is -0.352 e. The highest BCUT2D eigenvalue weighted by Crippen LogP contribution is 2.30. The fourth-order valence-corrected chi connectivity index (χ4v) is 4.81. The number of nitrogens with one attached hydrogen (secondary N) is 2. The van der Waals surface area contributed by atoms with Crippen molar-refractivity contribution in [3.63, 3.8) is 0 Å². The minimum absolute atomic E-state index is 0.0330. The zero-order valence-corrected chi connectivity index (χ0v) is 19.0. The zero-order chi connectivity index (χ0) is 22.5. The van der Waals surface area contributed by atoms with Crippen LogP contribution in [0.25, 0.3) is 0 Å². The molecule has 0 saturated heterocycles. The molecule has 0 aliphatic rings. The second-order valence-corrected chi connectivity index (χ2v) is 10.6. The highest BCUT2D eigenvalue weighted by Gasteiger charge is 2.24. The Kier molecular flexibility index (Phi) is 7.56. The van der Waals surface area contributed by atoms with Gasteiger partial charge in [0.05, 0.1) is 16.8 Å². The van der Waals surface area contributed by atoms with Crippen LogP contribution in [-0.4, -0.2) is 47.6 Å². The van der Waals surface area contributed by atoms with Crippen LogP contribution in [0.5, 0.6) is 0 Å². The Hall–Kier alpha value is -2.50. The number of carbonyl (C=O) groups is 1. The number of hydrogen-bond donors (Lipinski definition) is 2. The lowest BCUT2D eigenvalue weighted by Gasteiger charge is -2.23. The summed E-state index contributed by atoms with van der Waals surface area (Å²) in [5, 5.41) is 2.70. The molecule has 2 aromatic rings. The molecule has 1 heterocycles. The third kappa shape index (κ3) is 6.00. The van der Waals surface area contributed by atoms with E-state index < -0.39 is 20.0 Å². The number of rotatable bonds is 9. The maximum absolute atomic E-state index is 12.7. The maximum Gasteiger partial charge on any atom is 0.240 e. The number of aryl methyl sites for hydroxylation is 1. The van der Waals surface area contributed by atoms with Crippen LogP contribution < -0.4 is 14.3 Å². The first-order valence-electron chi connectivity index (χ1n) is 9.13. The summed E-state index contributed by atoms with van der Waals surface area (Å²) in [7, 11) is -6.12. The van der Waals surface area contributed by atoms with Gasteiger partial charge in [-0.1, -0.05) is 12.1 Å². The van der Waals surface area contributed by atoms with E-state index in [4.69, 9.17) is 0 Å². The number of hydrogen-bond acceptors (Lipinski definition) is 6. The van der Waals surface area contributed by atoms with E-state index in [2.05, 4.69) is 15.0 Å². The largest absolute Gasteiger partial charge is 0.352 e. The van der Waals surface area contributed by atoms with Crippen molar-refractivity contribution in [1.29, 1.82) is 0 Å². The molecule has 9 nitrogen and oxygen atoms in total. The van der Waals surface area contributed by atoms with E-state index in [1.54, 1.807) is 38.4 Å². The lowest BCUT2D eigenvalue weighted by atomic mass is 10.1. The average molecular weight is 455 g/mol. The summed E-state index contributed by atoms with van der Waals surface area (Å²) >= 11 is 0. The van der Waals surface area contributed by atoms with Gasteiger partial charge in [0.1, 0.15) is 0 Å². The topological polar surface area (TPSA) is 126 Å². The Balaban J connectivity index is 2.06. The van der Waals surface area contributed by atoms with Gasteiger partial charge in [0.15, 0.2) is 0 Å². The van der Waals surface area contributed by atoms with Crippen LogP contribution in [0.15, 0.2) is 41.6 Å². The van der Waals surface area contributed by atoms with Crippen LogP contribution in [0.2, 0.25) is 0 Å². The molecular weight excluding hydrogens is 428 g/mol. The van der Waals surface area contributed by atoms with Gasteiger partial charge in [0.2, 0.25) is 26.0 Å². The van der Waals surface area contributed by atoms with Gasteiger partial charge in [0.25, 0.3) is 0 Å². The van der Waals surface area contributed by atoms with Crippen molar-refractivity contribution in [1.82, 2.24) is 15.0 Å². The standard InChI is InChI=1S/C19H26N4O5S2/c1-14-7-8-17(15(2)19(14)23(3)29(4,25)26)30(27,28)22-11-9-18(24)21-13-16-6-5-10-20-12-16/h5-8,10,12,22H,9,11,13H2,1-4H3,(H,21,24). The summed E-state index contributed by atoms with van der Waals surface area (Å²) in [4.78, 5) is 15.9. The maximum atomic E-state index is 12.7. The lowest BCUT2D eigenvalue weighted by molar-refractivity contribution is -0.121.